The monoisotopic (exact) mass is 302 g/mol. The molecule has 0 aliphatic heterocycles. The predicted molar refractivity (Wildman–Crippen MR) is 92.0 cm³/mol. The fraction of sp³-hybridized carbons (Fsp3) is 0.632. The highest BCUT2D eigenvalue weighted by atomic mass is 16.1. The number of carbonyl (C=O) groups excluding carboxylic acids is 1. The molecule has 3 heteroatoms. The van der Waals surface area contributed by atoms with Crippen molar-refractivity contribution in [3.05, 3.63) is 35.9 Å². The van der Waals surface area contributed by atoms with Gasteiger partial charge < -0.3 is 10.2 Å². The second-order valence-electron chi connectivity index (χ2n) is 6.97. The van der Waals surface area contributed by atoms with E-state index in [9.17, 15) is 4.79 Å². The summed E-state index contributed by atoms with van der Waals surface area (Å²) in [6.45, 7) is 2.90. The lowest BCUT2D eigenvalue weighted by Gasteiger charge is -2.43. The summed E-state index contributed by atoms with van der Waals surface area (Å²) in [5.74, 6) is 0.436. The first-order valence-electron chi connectivity index (χ1n) is 8.52. The second kappa shape index (κ2) is 7.77. The van der Waals surface area contributed by atoms with Crippen LogP contribution in [0, 0.1) is 0 Å². The van der Waals surface area contributed by atoms with Crippen LogP contribution in [0.15, 0.2) is 30.3 Å². The van der Waals surface area contributed by atoms with Crippen LogP contribution < -0.4 is 5.32 Å². The number of amides is 1. The van der Waals surface area contributed by atoms with Crippen LogP contribution in [0.4, 0.5) is 0 Å². The molecule has 0 spiro atoms. The van der Waals surface area contributed by atoms with E-state index in [2.05, 4.69) is 43.4 Å². The predicted octanol–water partition coefficient (Wildman–Crippen LogP) is 3.56. The Morgan fingerprint density at radius 3 is 2.41 bits per heavy atom. The van der Waals surface area contributed by atoms with E-state index in [0.29, 0.717) is 6.42 Å². The normalized spacial score (nSPS) is 18.9. The number of carbonyl (C=O) groups is 1. The van der Waals surface area contributed by atoms with Crippen molar-refractivity contribution in [2.75, 3.05) is 20.6 Å². The van der Waals surface area contributed by atoms with Crippen LogP contribution >= 0.6 is 0 Å². The SMILES string of the molecule is CC(CC(=O)NCC1(N(C)C)CCCCC1)c1ccccc1. The maximum absolute atomic E-state index is 12.3. The number of nitrogens with one attached hydrogen (secondary N) is 1. The third-order valence-corrected chi connectivity index (χ3v) is 5.21. The Kier molecular flexibility index (Phi) is 6.01. The molecular weight excluding hydrogens is 272 g/mol. The van der Waals surface area contributed by atoms with Gasteiger partial charge in [0.05, 0.1) is 0 Å². The fourth-order valence-corrected chi connectivity index (χ4v) is 3.50. The van der Waals surface area contributed by atoms with Crippen molar-refractivity contribution < 1.29 is 4.79 Å². The molecule has 1 amide bonds. The maximum Gasteiger partial charge on any atom is 0.220 e. The van der Waals surface area contributed by atoms with Crippen molar-refractivity contribution in [3.8, 4) is 0 Å². The van der Waals surface area contributed by atoms with Gasteiger partial charge in [-0.05, 0) is 38.4 Å². The van der Waals surface area contributed by atoms with Gasteiger partial charge in [0.25, 0.3) is 0 Å². The summed E-state index contributed by atoms with van der Waals surface area (Å²) in [6.07, 6.45) is 6.81. The van der Waals surface area contributed by atoms with Crippen molar-refractivity contribution in [3.63, 3.8) is 0 Å². The van der Waals surface area contributed by atoms with Crippen LogP contribution in [0.5, 0.6) is 0 Å². The average Bonchev–Trinajstić information content (AvgIpc) is 2.54. The van der Waals surface area contributed by atoms with E-state index in [4.69, 9.17) is 0 Å². The van der Waals surface area contributed by atoms with Gasteiger partial charge >= 0.3 is 0 Å². The summed E-state index contributed by atoms with van der Waals surface area (Å²) in [6, 6.07) is 10.3. The minimum absolute atomic E-state index is 0.157. The van der Waals surface area contributed by atoms with E-state index in [0.717, 1.165) is 6.54 Å². The molecule has 0 bridgehead atoms. The molecule has 1 unspecified atom stereocenters. The molecule has 1 aliphatic carbocycles. The Labute approximate surface area is 135 Å². The van der Waals surface area contributed by atoms with Crippen LogP contribution in [0.25, 0.3) is 0 Å². The third kappa shape index (κ3) is 4.33. The van der Waals surface area contributed by atoms with Crippen molar-refractivity contribution in [1.82, 2.24) is 10.2 Å². The van der Waals surface area contributed by atoms with Crippen molar-refractivity contribution in [2.24, 2.45) is 0 Å². The van der Waals surface area contributed by atoms with Crippen molar-refractivity contribution >= 4 is 5.91 Å². The van der Waals surface area contributed by atoms with Crippen LogP contribution in [-0.4, -0.2) is 37.0 Å². The van der Waals surface area contributed by atoms with E-state index < -0.39 is 0 Å². The van der Waals surface area contributed by atoms with Gasteiger partial charge in [0.1, 0.15) is 0 Å². The Hall–Kier alpha value is -1.35. The summed E-state index contributed by atoms with van der Waals surface area (Å²) in [5, 5.41) is 3.19. The number of hydrogen-bond acceptors (Lipinski definition) is 2. The summed E-state index contributed by atoms with van der Waals surface area (Å²) in [7, 11) is 4.29. The molecule has 1 aromatic carbocycles. The maximum atomic E-state index is 12.3. The molecule has 2 rings (SSSR count). The quantitative estimate of drug-likeness (QED) is 0.871. The zero-order valence-corrected chi connectivity index (χ0v) is 14.3. The topological polar surface area (TPSA) is 32.3 Å². The molecule has 1 aliphatic rings. The van der Waals surface area contributed by atoms with Gasteiger partial charge in [-0.15, -0.1) is 0 Å². The number of likely N-dealkylation sites (N-methyl/N-ethyl adjacent to an activating group) is 1. The zero-order valence-electron chi connectivity index (χ0n) is 14.3. The molecule has 0 saturated heterocycles. The number of nitrogens with zero attached hydrogens (tertiary/aromatic N) is 1. The van der Waals surface area contributed by atoms with Crippen LogP contribution in [0.3, 0.4) is 0 Å². The molecule has 122 valence electrons. The lowest BCUT2D eigenvalue weighted by Crippen LogP contribution is -2.53. The van der Waals surface area contributed by atoms with Gasteiger partial charge in [0.15, 0.2) is 0 Å². The van der Waals surface area contributed by atoms with Gasteiger partial charge in [-0.2, -0.15) is 0 Å². The molecule has 0 radical (unpaired) electrons. The van der Waals surface area contributed by atoms with E-state index in [1.54, 1.807) is 0 Å². The smallest absolute Gasteiger partial charge is 0.220 e. The van der Waals surface area contributed by atoms with Gasteiger partial charge in [-0.3, -0.25) is 4.79 Å². The number of hydrogen-bond donors (Lipinski definition) is 1. The zero-order chi connectivity index (χ0) is 16.0. The molecule has 1 atom stereocenters. The molecule has 1 N–H and O–H groups in total. The summed E-state index contributed by atoms with van der Waals surface area (Å²) >= 11 is 0. The first-order valence-corrected chi connectivity index (χ1v) is 8.52. The minimum atomic E-state index is 0.157. The van der Waals surface area contributed by atoms with E-state index in [1.807, 2.05) is 18.2 Å². The number of rotatable bonds is 6. The van der Waals surface area contributed by atoms with Gasteiger partial charge in [0.2, 0.25) is 5.91 Å². The highest BCUT2D eigenvalue weighted by Gasteiger charge is 2.34. The first-order chi connectivity index (χ1) is 10.5. The highest BCUT2D eigenvalue weighted by Crippen LogP contribution is 2.31. The van der Waals surface area contributed by atoms with E-state index in [1.165, 1.54) is 37.7 Å². The number of benzene rings is 1. The largest absolute Gasteiger partial charge is 0.354 e. The lowest BCUT2D eigenvalue weighted by atomic mass is 9.80. The highest BCUT2D eigenvalue weighted by molar-refractivity contribution is 5.76. The molecule has 22 heavy (non-hydrogen) atoms. The molecule has 1 saturated carbocycles. The molecule has 3 nitrogen and oxygen atoms in total. The molecular formula is C19H30N2O. The van der Waals surface area contributed by atoms with Crippen LogP contribution in [0.2, 0.25) is 0 Å². The van der Waals surface area contributed by atoms with Gasteiger partial charge in [-0.25, -0.2) is 0 Å². The van der Waals surface area contributed by atoms with E-state index in [-0.39, 0.29) is 17.4 Å². The summed E-state index contributed by atoms with van der Waals surface area (Å²) < 4.78 is 0. The molecule has 1 aromatic rings. The Balaban J connectivity index is 1.86. The molecule has 0 heterocycles. The standard InChI is InChI=1S/C19H30N2O/c1-16(17-10-6-4-7-11-17)14-18(22)20-15-19(21(2)3)12-8-5-9-13-19/h4,6-7,10-11,16H,5,8-9,12-15H2,1-3H3,(H,20,22). The van der Waals surface area contributed by atoms with Gasteiger partial charge in [-0.1, -0.05) is 56.5 Å². The molecule has 0 aromatic heterocycles. The fourth-order valence-electron chi connectivity index (χ4n) is 3.50. The Morgan fingerprint density at radius 1 is 1.18 bits per heavy atom. The van der Waals surface area contributed by atoms with Crippen molar-refractivity contribution in [2.45, 2.75) is 56.9 Å². The van der Waals surface area contributed by atoms with Crippen molar-refractivity contribution in [1.29, 1.82) is 0 Å². The van der Waals surface area contributed by atoms with E-state index >= 15 is 0 Å². The average molecular weight is 302 g/mol. The second-order valence-corrected chi connectivity index (χ2v) is 6.97. The van der Waals surface area contributed by atoms with Crippen LogP contribution in [-0.2, 0) is 4.79 Å². The Bertz CT molecular complexity index is 464. The first kappa shape index (κ1) is 17.0. The Morgan fingerprint density at radius 2 is 1.82 bits per heavy atom. The lowest BCUT2D eigenvalue weighted by molar-refractivity contribution is -0.122. The summed E-state index contributed by atoms with van der Waals surface area (Å²) in [5.41, 5.74) is 1.39. The summed E-state index contributed by atoms with van der Waals surface area (Å²) in [4.78, 5) is 14.6. The third-order valence-electron chi connectivity index (χ3n) is 5.21. The van der Waals surface area contributed by atoms with Crippen LogP contribution in [0.1, 0.15) is 56.9 Å². The minimum Gasteiger partial charge on any atom is -0.354 e. The van der Waals surface area contributed by atoms with Gasteiger partial charge in [0, 0.05) is 18.5 Å². The molecule has 1 fully saturated rings.